The molecule has 112 valence electrons. The summed E-state index contributed by atoms with van der Waals surface area (Å²) in [5, 5.41) is 10.3. The van der Waals surface area contributed by atoms with Crippen LogP contribution in [0.15, 0.2) is 24.3 Å². The van der Waals surface area contributed by atoms with Gasteiger partial charge in [-0.05, 0) is 37.0 Å². The lowest BCUT2D eigenvalue weighted by molar-refractivity contribution is 0.161. The van der Waals surface area contributed by atoms with Crippen LogP contribution in [0.2, 0.25) is 18.1 Å². The van der Waals surface area contributed by atoms with E-state index in [1.54, 1.807) is 0 Å². The van der Waals surface area contributed by atoms with E-state index in [-0.39, 0.29) is 11.1 Å². The van der Waals surface area contributed by atoms with Crippen molar-refractivity contribution in [2.24, 2.45) is 5.73 Å². The van der Waals surface area contributed by atoms with Crippen molar-refractivity contribution in [3.63, 3.8) is 0 Å². The Labute approximate surface area is 119 Å². The summed E-state index contributed by atoms with van der Waals surface area (Å²) in [5.41, 5.74) is 7.54. The fraction of sp³-hybridized carbons (Fsp3) is 0.733. The molecular formula is C15H31NO2Si. The SMILES string of the molecule is C=C(C)C[C@H](N)C(O)C(=C)CO[Si](C)(C)C(C)(C)C. The summed E-state index contributed by atoms with van der Waals surface area (Å²) in [5.74, 6) is 0. The Morgan fingerprint density at radius 1 is 1.32 bits per heavy atom. The second-order valence-corrected chi connectivity index (χ2v) is 11.8. The maximum absolute atomic E-state index is 10.1. The molecule has 3 N–H and O–H groups in total. The van der Waals surface area contributed by atoms with Crippen LogP contribution in [0.3, 0.4) is 0 Å². The number of nitrogens with two attached hydrogens (primary N) is 1. The van der Waals surface area contributed by atoms with Crippen molar-refractivity contribution in [3.05, 3.63) is 24.3 Å². The van der Waals surface area contributed by atoms with Gasteiger partial charge in [0.25, 0.3) is 0 Å². The van der Waals surface area contributed by atoms with Gasteiger partial charge in [-0.25, -0.2) is 0 Å². The molecule has 0 aromatic carbocycles. The fourth-order valence-corrected chi connectivity index (χ4v) is 2.37. The van der Waals surface area contributed by atoms with Crippen LogP contribution in [-0.4, -0.2) is 32.2 Å². The highest BCUT2D eigenvalue weighted by Crippen LogP contribution is 2.36. The first-order valence-electron chi connectivity index (χ1n) is 6.78. The van der Waals surface area contributed by atoms with Gasteiger partial charge in [0, 0.05) is 6.04 Å². The summed E-state index contributed by atoms with van der Waals surface area (Å²) in [6.07, 6.45) is -0.137. The van der Waals surface area contributed by atoms with Crippen molar-refractivity contribution in [1.29, 1.82) is 0 Å². The number of aliphatic hydroxyl groups is 1. The highest BCUT2D eigenvalue weighted by molar-refractivity contribution is 6.74. The Morgan fingerprint density at radius 3 is 2.16 bits per heavy atom. The number of hydrogen-bond donors (Lipinski definition) is 2. The summed E-state index contributed by atoms with van der Waals surface area (Å²) in [4.78, 5) is 0. The van der Waals surface area contributed by atoms with Crippen LogP contribution in [-0.2, 0) is 4.43 Å². The topological polar surface area (TPSA) is 55.5 Å². The smallest absolute Gasteiger partial charge is 0.192 e. The molecule has 0 saturated heterocycles. The van der Waals surface area contributed by atoms with E-state index in [2.05, 4.69) is 47.0 Å². The van der Waals surface area contributed by atoms with E-state index in [4.69, 9.17) is 10.2 Å². The van der Waals surface area contributed by atoms with Gasteiger partial charge in [0.1, 0.15) is 0 Å². The number of rotatable bonds is 7. The van der Waals surface area contributed by atoms with Crippen molar-refractivity contribution in [1.82, 2.24) is 0 Å². The Hall–Kier alpha value is -0.423. The molecule has 0 rings (SSSR count). The molecule has 0 aromatic rings. The zero-order valence-corrected chi connectivity index (χ0v) is 14.4. The van der Waals surface area contributed by atoms with Crippen molar-refractivity contribution in [2.45, 2.75) is 64.4 Å². The molecule has 0 aromatic heterocycles. The van der Waals surface area contributed by atoms with Gasteiger partial charge < -0.3 is 15.3 Å². The van der Waals surface area contributed by atoms with E-state index in [1.807, 2.05) is 6.92 Å². The minimum atomic E-state index is -1.81. The molecule has 0 heterocycles. The molecule has 0 spiro atoms. The maximum Gasteiger partial charge on any atom is 0.192 e. The first-order valence-corrected chi connectivity index (χ1v) is 9.69. The quantitative estimate of drug-likeness (QED) is 0.558. The molecule has 3 nitrogen and oxygen atoms in total. The molecule has 0 aliphatic heterocycles. The number of hydrogen-bond acceptors (Lipinski definition) is 3. The Balaban J connectivity index is 4.43. The summed E-state index contributed by atoms with van der Waals surface area (Å²) in [6.45, 7) is 20.9. The van der Waals surface area contributed by atoms with Gasteiger partial charge in [0.2, 0.25) is 0 Å². The van der Waals surface area contributed by atoms with Crippen LogP contribution < -0.4 is 5.73 Å². The van der Waals surface area contributed by atoms with Crippen molar-refractivity contribution in [2.75, 3.05) is 6.61 Å². The van der Waals surface area contributed by atoms with Gasteiger partial charge >= 0.3 is 0 Å². The molecule has 0 saturated carbocycles. The summed E-state index contributed by atoms with van der Waals surface area (Å²) < 4.78 is 6.03. The van der Waals surface area contributed by atoms with Crippen LogP contribution >= 0.6 is 0 Å². The van der Waals surface area contributed by atoms with Gasteiger partial charge in [-0.1, -0.05) is 32.9 Å². The Morgan fingerprint density at radius 2 is 1.79 bits per heavy atom. The third kappa shape index (κ3) is 6.04. The largest absolute Gasteiger partial charge is 0.413 e. The van der Waals surface area contributed by atoms with Crippen LogP contribution in [0.1, 0.15) is 34.1 Å². The average Bonchev–Trinajstić information content (AvgIpc) is 2.22. The number of aliphatic hydroxyl groups excluding tert-OH is 1. The van der Waals surface area contributed by atoms with E-state index >= 15 is 0 Å². The first kappa shape index (κ1) is 18.6. The van der Waals surface area contributed by atoms with Gasteiger partial charge in [-0.3, -0.25) is 0 Å². The maximum atomic E-state index is 10.1. The Kier molecular flexibility index (Phi) is 6.69. The molecule has 0 aliphatic rings. The highest BCUT2D eigenvalue weighted by atomic mass is 28.4. The lowest BCUT2D eigenvalue weighted by atomic mass is 9.99. The van der Waals surface area contributed by atoms with Gasteiger partial charge in [0.05, 0.1) is 12.7 Å². The minimum Gasteiger partial charge on any atom is -0.413 e. The standard InChI is InChI=1S/C15H31NO2Si/c1-11(2)9-13(16)14(17)12(3)10-18-19(7,8)15(4,5)6/h13-14,17H,1,3,9-10,16H2,2,4-8H3/t13-,14?/m0/s1. The molecule has 19 heavy (non-hydrogen) atoms. The fourth-order valence-electron chi connectivity index (χ4n) is 1.39. The predicted molar refractivity (Wildman–Crippen MR) is 85.7 cm³/mol. The van der Waals surface area contributed by atoms with Gasteiger partial charge in [-0.2, -0.15) is 0 Å². The minimum absolute atomic E-state index is 0.151. The van der Waals surface area contributed by atoms with Gasteiger partial charge in [0.15, 0.2) is 8.32 Å². The highest BCUT2D eigenvalue weighted by Gasteiger charge is 2.37. The van der Waals surface area contributed by atoms with Crippen LogP contribution in [0.4, 0.5) is 0 Å². The molecule has 2 atom stereocenters. The molecule has 0 amide bonds. The predicted octanol–water partition coefficient (Wildman–Crippen LogP) is 3.22. The molecule has 0 fully saturated rings. The molecule has 0 radical (unpaired) electrons. The van der Waals surface area contributed by atoms with E-state index < -0.39 is 14.4 Å². The third-order valence-corrected chi connectivity index (χ3v) is 8.31. The average molecular weight is 286 g/mol. The van der Waals surface area contributed by atoms with Crippen LogP contribution in [0.5, 0.6) is 0 Å². The van der Waals surface area contributed by atoms with Gasteiger partial charge in [-0.15, -0.1) is 6.58 Å². The Bertz CT molecular complexity index is 332. The van der Waals surface area contributed by atoms with Crippen molar-refractivity contribution in [3.8, 4) is 0 Å². The van der Waals surface area contributed by atoms with E-state index in [0.717, 1.165) is 5.57 Å². The molecular weight excluding hydrogens is 254 g/mol. The molecule has 0 aliphatic carbocycles. The zero-order valence-electron chi connectivity index (χ0n) is 13.4. The molecule has 4 heteroatoms. The molecule has 0 bridgehead atoms. The normalized spacial score (nSPS) is 16.0. The van der Waals surface area contributed by atoms with Crippen LogP contribution in [0, 0.1) is 0 Å². The van der Waals surface area contributed by atoms with Crippen LogP contribution in [0.25, 0.3) is 0 Å². The lowest BCUT2D eigenvalue weighted by Crippen LogP contribution is -2.43. The summed E-state index contributed by atoms with van der Waals surface area (Å²) in [6, 6.07) is -0.354. The molecule has 1 unspecified atom stereocenters. The second kappa shape index (κ2) is 6.84. The zero-order chi connectivity index (χ0) is 15.4. The first-order chi connectivity index (χ1) is 8.38. The second-order valence-electron chi connectivity index (χ2n) is 6.98. The summed E-state index contributed by atoms with van der Waals surface area (Å²) in [7, 11) is -1.81. The van der Waals surface area contributed by atoms with Crippen molar-refractivity contribution >= 4 is 8.32 Å². The summed E-state index contributed by atoms with van der Waals surface area (Å²) >= 11 is 0. The lowest BCUT2D eigenvalue weighted by Gasteiger charge is -2.37. The van der Waals surface area contributed by atoms with E-state index in [1.165, 1.54) is 0 Å². The van der Waals surface area contributed by atoms with Crippen molar-refractivity contribution < 1.29 is 9.53 Å². The third-order valence-electron chi connectivity index (χ3n) is 3.83. The van der Waals surface area contributed by atoms with E-state index in [0.29, 0.717) is 18.6 Å². The van der Waals surface area contributed by atoms with E-state index in [9.17, 15) is 5.11 Å². The monoisotopic (exact) mass is 285 g/mol.